The van der Waals surface area contributed by atoms with Gasteiger partial charge >= 0.3 is 5.69 Å². The number of nitro benzene ring substituents is 1. The van der Waals surface area contributed by atoms with Gasteiger partial charge in [0.1, 0.15) is 15.9 Å². The molecule has 0 unspecified atom stereocenters. The van der Waals surface area contributed by atoms with Crippen molar-refractivity contribution in [3.05, 3.63) is 68.9 Å². The molecule has 1 amide bonds. The Morgan fingerprint density at radius 1 is 1.24 bits per heavy atom. The molecule has 2 aromatic rings. The molecule has 1 aliphatic heterocycles. The average Bonchev–Trinajstić information content (AvgIpc) is 2.88. The van der Waals surface area contributed by atoms with E-state index < -0.39 is 10.7 Å². The third kappa shape index (κ3) is 4.01. The molecule has 25 heavy (non-hydrogen) atoms. The number of thioether (sulfide) groups is 1. The number of nitro groups is 1. The molecule has 1 saturated heterocycles. The lowest BCUT2D eigenvalue weighted by Crippen LogP contribution is -2.17. The molecule has 0 radical (unpaired) electrons. The number of carbonyl (C=O) groups excluding carboxylic acids is 1. The Morgan fingerprint density at radius 2 is 1.96 bits per heavy atom. The van der Waals surface area contributed by atoms with Gasteiger partial charge in [-0.15, -0.1) is 0 Å². The molecule has 0 aliphatic carbocycles. The van der Waals surface area contributed by atoms with Crippen molar-refractivity contribution < 1.29 is 18.8 Å². The van der Waals surface area contributed by atoms with Crippen LogP contribution in [-0.4, -0.2) is 15.2 Å². The zero-order valence-electron chi connectivity index (χ0n) is 12.4. The van der Waals surface area contributed by atoms with Gasteiger partial charge in [-0.1, -0.05) is 30.0 Å². The van der Waals surface area contributed by atoms with Gasteiger partial charge in [0.15, 0.2) is 0 Å². The maximum absolute atomic E-state index is 12.9. The molecule has 1 N–H and O–H groups in total. The first kappa shape index (κ1) is 17.1. The van der Waals surface area contributed by atoms with Gasteiger partial charge in [-0.05, 0) is 42.0 Å². The van der Waals surface area contributed by atoms with Gasteiger partial charge in [0.2, 0.25) is 5.75 Å². The minimum atomic E-state index is -0.590. The molecule has 1 fully saturated rings. The van der Waals surface area contributed by atoms with Crippen molar-refractivity contribution in [2.24, 2.45) is 0 Å². The van der Waals surface area contributed by atoms with Crippen molar-refractivity contribution in [2.75, 3.05) is 0 Å². The predicted molar refractivity (Wildman–Crippen MR) is 95.9 cm³/mol. The summed E-state index contributed by atoms with van der Waals surface area (Å²) in [5.41, 5.74) is 0.185. The fourth-order valence-corrected chi connectivity index (χ4v) is 3.10. The Kier molecular flexibility index (Phi) is 4.77. The molecule has 0 spiro atoms. The number of ether oxygens (including phenoxy) is 1. The molecule has 0 aromatic heterocycles. The van der Waals surface area contributed by atoms with Crippen LogP contribution in [0.3, 0.4) is 0 Å². The second kappa shape index (κ2) is 6.99. The summed E-state index contributed by atoms with van der Waals surface area (Å²) >= 11 is 5.98. The van der Waals surface area contributed by atoms with E-state index in [0.717, 1.165) is 11.8 Å². The van der Waals surface area contributed by atoms with E-state index in [1.165, 1.54) is 42.5 Å². The quantitative estimate of drug-likeness (QED) is 0.376. The second-order valence-electron chi connectivity index (χ2n) is 4.89. The minimum absolute atomic E-state index is 0.0119. The molecule has 1 aliphatic rings. The summed E-state index contributed by atoms with van der Waals surface area (Å²) < 4.78 is 18.7. The van der Waals surface area contributed by atoms with Crippen LogP contribution in [0.1, 0.15) is 5.56 Å². The third-order valence-electron chi connectivity index (χ3n) is 3.16. The van der Waals surface area contributed by atoms with Gasteiger partial charge in [-0.2, -0.15) is 0 Å². The summed E-state index contributed by atoms with van der Waals surface area (Å²) in [7, 11) is 0. The molecule has 6 nitrogen and oxygen atoms in total. The first-order valence-electron chi connectivity index (χ1n) is 6.89. The Bertz CT molecular complexity index is 913. The van der Waals surface area contributed by atoms with Gasteiger partial charge in [-0.25, -0.2) is 4.39 Å². The SMILES string of the molecule is O=C1NC(=S)S/C1=C\c1ccc(Oc2ccc(F)cc2)c([N+](=O)[O-])c1. The Labute approximate surface area is 150 Å². The lowest BCUT2D eigenvalue weighted by atomic mass is 10.1. The van der Waals surface area contributed by atoms with Crippen molar-refractivity contribution in [1.29, 1.82) is 0 Å². The summed E-state index contributed by atoms with van der Waals surface area (Å²) in [6.07, 6.45) is 1.51. The summed E-state index contributed by atoms with van der Waals surface area (Å²) in [6, 6.07) is 9.42. The zero-order valence-corrected chi connectivity index (χ0v) is 14.0. The van der Waals surface area contributed by atoms with E-state index >= 15 is 0 Å². The van der Waals surface area contributed by atoms with Gasteiger partial charge in [0.25, 0.3) is 5.91 Å². The topological polar surface area (TPSA) is 81.5 Å². The summed E-state index contributed by atoms with van der Waals surface area (Å²) in [4.78, 5) is 22.7. The number of carbonyl (C=O) groups is 1. The molecule has 3 rings (SSSR count). The Balaban J connectivity index is 1.92. The number of benzene rings is 2. The minimum Gasteiger partial charge on any atom is -0.450 e. The largest absolute Gasteiger partial charge is 0.450 e. The number of thiocarbonyl (C=S) groups is 1. The number of hydrogen-bond donors (Lipinski definition) is 1. The first-order chi connectivity index (χ1) is 11.9. The van der Waals surface area contributed by atoms with Crippen LogP contribution in [-0.2, 0) is 4.79 Å². The zero-order chi connectivity index (χ0) is 18.0. The maximum atomic E-state index is 12.9. The lowest BCUT2D eigenvalue weighted by molar-refractivity contribution is -0.385. The van der Waals surface area contributed by atoms with Crippen LogP contribution in [0.25, 0.3) is 6.08 Å². The van der Waals surface area contributed by atoms with E-state index in [0.29, 0.717) is 14.8 Å². The van der Waals surface area contributed by atoms with Crippen LogP contribution in [0.15, 0.2) is 47.4 Å². The molecule has 126 valence electrons. The number of halogens is 1. The molecule has 0 atom stereocenters. The van der Waals surface area contributed by atoms with Crippen LogP contribution in [0.5, 0.6) is 11.5 Å². The highest BCUT2D eigenvalue weighted by Crippen LogP contribution is 2.34. The first-order valence-corrected chi connectivity index (χ1v) is 8.11. The van der Waals surface area contributed by atoms with Gasteiger partial charge in [0, 0.05) is 6.07 Å². The van der Waals surface area contributed by atoms with Crippen LogP contribution in [0, 0.1) is 15.9 Å². The number of hydrogen-bond acceptors (Lipinski definition) is 6. The molecular formula is C16H9FN2O4S2. The molecule has 2 aromatic carbocycles. The van der Waals surface area contributed by atoms with Crippen LogP contribution in [0.4, 0.5) is 10.1 Å². The van der Waals surface area contributed by atoms with E-state index in [-0.39, 0.29) is 23.1 Å². The Hall–Kier alpha value is -2.78. The van der Waals surface area contributed by atoms with E-state index in [1.807, 2.05) is 0 Å². The normalized spacial score (nSPS) is 15.3. The van der Waals surface area contributed by atoms with Gasteiger partial charge < -0.3 is 10.1 Å². The fraction of sp³-hybridized carbons (Fsp3) is 0. The summed E-state index contributed by atoms with van der Waals surface area (Å²) in [5, 5.41) is 13.8. The highest BCUT2D eigenvalue weighted by atomic mass is 32.2. The highest BCUT2D eigenvalue weighted by Gasteiger charge is 2.23. The summed E-state index contributed by atoms with van der Waals surface area (Å²) in [5.74, 6) is -0.497. The predicted octanol–water partition coefficient (Wildman–Crippen LogP) is 4.02. The Morgan fingerprint density at radius 3 is 2.56 bits per heavy atom. The van der Waals surface area contributed by atoms with E-state index in [1.54, 1.807) is 6.07 Å². The average molecular weight is 376 g/mol. The smallest absolute Gasteiger partial charge is 0.312 e. The van der Waals surface area contributed by atoms with Crippen molar-refractivity contribution in [1.82, 2.24) is 5.32 Å². The molecule has 1 heterocycles. The fourth-order valence-electron chi connectivity index (χ4n) is 2.06. The molecule has 0 saturated carbocycles. The van der Waals surface area contributed by atoms with Gasteiger partial charge in [-0.3, -0.25) is 14.9 Å². The van der Waals surface area contributed by atoms with Crippen molar-refractivity contribution in [3.63, 3.8) is 0 Å². The number of rotatable bonds is 4. The highest BCUT2D eigenvalue weighted by molar-refractivity contribution is 8.26. The third-order valence-corrected chi connectivity index (χ3v) is 4.32. The molecule has 0 bridgehead atoms. The lowest BCUT2D eigenvalue weighted by Gasteiger charge is -2.07. The van der Waals surface area contributed by atoms with Crippen LogP contribution in [0.2, 0.25) is 0 Å². The summed E-state index contributed by atoms with van der Waals surface area (Å²) in [6.45, 7) is 0. The standard InChI is InChI=1S/C16H9FN2O4S2/c17-10-2-4-11(5-3-10)23-13-6-1-9(7-12(13)19(21)22)8-14-15(20)18-16(24)25-14/h1-8H,(H,18,20,24)/b14-8-. The second-order valence-corrected chi connectivity index (χ2v) is 6.61. The number of amides is 1. The monoisotopic (exact) mass is 376 g/mol. The van der Waals surface area contributed by atoms with E-state index in [4.69, 9.17) is 17.0 Å². The van der Waals surface area contributed by atoms with Crippen molar-refractivity contribution in [2.45, 2.75) is 0 Å². The van der Waals surface area contributed by atoms with Crippen molar-refractivity contribution in [3.8, 4) is 11.5 Å². The van der Waals surface area contributed by atoms with Crippen LogP contribution < -0.4 is 10.1 Å². The van der Waals surface area contributed by atoms with Crippen LogP contribution >= 0.6 is 24.0 Å². The molecular weight excluding hydrogens is 367 g/mol. The maximum Gasteiger partial charge on any atom is 0.312 e. The van der Waals surface area contributed by atoms with E-state index in [2.05, 4.69) is 5.32 Å². The van der Waals surface area contributed by atoms with E-state index in [9.17, 15) is 19.3 Å². The number of nitrogens with one attached hydrogen (secondary N) is 1. The van der Waals surface area contributed by atoms with Crippen molar-refractivity contribution >= 4 is 46.0 Å². The number of nitrogens with zero attached hydrogens (tertiary/aromatic N) is 1. The molecule has 9 heteroatoms. The van der Waals surface area contributed by atoms with Gasteiger partial charge in [0.05, 0.1) is 9.83 Å².